The summed E-state index contributed by atoms with van der Waals surface area (Å²) in [5, 5.41) is 3.10. The van der Waals surface area contributed by atoms with E-state index in [1.54, 1.807) is 0 Å². The van der Waals surface area contributed by atoms with Crippen molar-refractivity contribution in [2.75, 3.05) is 19.4 Å². The van der Waals surface area contributed by atoms with E-state index in [2.05, 4.69) is 48.2 Å². The first-order valence-corrected chi connectivity index (χ1v) is 7.34. The van der Waals surface area contributed by atoms with Crippen LogP contribution in [0.4, 0.5) is 5.82 Å². The van der Waals surface area contributed by atoms with Crippen LogP contribution in [0.5, 0.6) is 0 Å². The van der Waals surface area contributed by atoms with Crippen molar-refractivity contribution in [2.24, 2.45) is 5.41 Å². The molecule has 0 spiro atoms. The maximum Gasteiger partial charge on any atom is 0.126 e. The van der Waals surface area contributed by atoms with Crippen LogP contribution in [-0.2, 0) is 6.54 Å². The Morgan fingerprint density at radius 2 is 2.00 bits per heavy atom. The maximum absolute atomic E-state index is 4.60. The summed E-state index contributed by atoms with van der Waals surface area (Å²) in [6.07, 6.45) is 5.31. The third kappa shape index (κ3) is 3.93. The Labute approximate surface area is 117 Å². The number of hydrogen-bond donors (Lipinski definition) is 1. The molecular weight excluding hydrogens is 234 g/mol. The van der Waals surface area contributed by atoms with Gasteiger partial charge in [-0.1, -0.05) is 19.9 Å². The Bertz CT molecular complexity index is 404. The number of anilines is 1. The molecule has 0 amide bonds. The van der Waals surface area contributed by atoms with Crippen molar-refractivity contribution in [1.82, 2.24) is 9.88 Å². The second kappa shape index (κ2) is 5.91. The molecule has 0 unspecified atom stereocenters. The largest absolute Gasteiger partial charge is 0.373 e. The molecule has 0 atom stereocenters. The number of aromatic nitrogens is 1. The van der Waals surface area contributed by atoms with Gasteiger partial charge in [0.15, 0.2) is 0 Å². The zero-order valence-electron chi connectivity index (χ0n) is 12.7. The van der Waals surface area contributed by atoms with Crippen molar-refractivity contribution in [1.29, 1.82) is 0 Å². The topological polar surface area (TPSA) is 28.2 Å². The first kappa shape index (κ1) is 14.3. The van der Waals surface area contributed by atoms with Crippen LogP contribution in [-0.4, -0.2) is 30.0 Å². The number of rotatable bonds is 4. The monoisotopic (exact) mass is 261 g/mol. The highest BCUT2D eigenvalue weighted by atomic mass is 15.1. The minimum Gasteiger partial charge on any atom is -0.373 e. The van der Waals surface area contributed by atoms with Gasteiger partial charge in [-0.25, -0.2) is 4.98 Å². The molecule has 0 aromatic carbocycles. The van der Waals surface area contributed by atoms with E-state index >= 15 is 0 Å². The van der Waals surface area contributed by atoms with E-state index in [-0.39, 0.29) is 0 Å². The quantitative estimate of drug-likeness (QED) is 0.899. The van der Waals surface area contributed by atoms with E-state index in [9.17, 15) is 0 Å². The van der Waals surface area contributed by atoms with Gasteiger partial charge in [0.05, 0.1) is 5.69 Å². The van der Waals surface area contributed by atoms with Crippen molar-refractivity contribution in [3.63, 3.8) is 0 Å². The van der Waals surface area contributed by atoms with Crippen LogP contribution in [0.25, 0.3) is 0 Å². The third-order valence-electron chi connectivity index (χ3n) is 4.41. The van der Waals surface area contributed by atoms with E-state index in [4.69, 9.17) is 0 Å². The van der Waals surface area contributed by atoms with Crippen LogP contribution in [0.3, 0.4) is 0 Å². The summed E-state index contributed by atoms with van der Waals surface area (Å²) in [6, 6.07) is 6.91. The molecule has 2 rings (SSSR count). The van der Waals surface area contributed by atoms with Crippen molar-refractivity contribution in [3.05, 3.63) is 23.9 Å². The van der Waals surface area contributed by atoms with Crippen molar-refractivity contribution >= 4 is 5.82 Å². The van der Waals surface area contributed by atoms with Crippen LogP contribution in [0.1, 0.15) is 45.2 Å². The van der Waals surface area contributed by atoms with Crippen LogP contribution in [0.2, 0.25) is 0 Å². The number of nitrogens with one attached hydrogen (secondary N) is 1. The van der Waals surface area contributed by atoms with Crippen LogP contribution < -0.4 is 5.32 Å². The zero-order valence-corrected chi connectivity index (χ0v) is 12.7. The van der Waals surface area contributed by atoms with E-state index in [0.717, 1.165) is 18.1 Å². The average molecular weight is 261 g/mol. The van der Waals surface area contributed by atoms with E-state index < -0.39 is 0 Å². The molecule has 0 aliphatic heterocycles. The Hall–Kier alpha value is -1.09. The normalized spacial score (nSPS) is 19.6. The molecule has 1 aliphatic carbocycles. The molecule has 1 fully saturated rings. The average Bonchev–Trinajstić information content (AvgIpc) is 2.38. The van der Waals surface area contributed by atoms with Gasteiger partial charge >= 0.3 is 0 Å². The number of pyridine rings is 1. The highest BCUT2D eigenvalue weighted by Crippen LogP contribution is 2.36. The SMILES string of the molecule is CNc1cccc(CN(C)C2CCC(C)(C)CC2)n1. The van der Waals surface area contributed by atoms with Gasteiger partial charge in [0.1, 0.15) is 5.82 Å². The predicted octanol–water partition coefficient (Wildman–Crippen LogP) is 3.52. The summed E-state index contributed by atoms with van der Waals surface area (Å²) < 4.78 is 0. The predicted molar refractivity (Wildman–Crippen MR) is 81.3 cm³/mol. The van der Waals surface area contributed by atoms with Gasteiger partial charge in [-0.05, 0) is 50.3 Å². The fourth-order valence-electron chi connectivity index (χ4n) is 2.92. The lowest BCUT2D eigenvalue weighted by molar-refractivity contribution is 0.122. The lowest BCUT2D eigenvalue weighted by atomic mass is 9.75. The van der Waals surface area contributed by atoms with Gasteiger partial charge in [-0.2, -0.15) is 0 Å². The molecule has 0 bridgehead atoms. The molecule has 1 aromatic rings. The molecule has 3 heteroatoms. The zero-order chi connectivity index (χ0) is 13.9. The van der Waals surface area contributed by atoms with Gasteiger partial charge in [-0.3, -0.25) is 4.90 Å². The Balaban J connectivity index is 1.92. The lowest BCUT2D eigenvalue weighted by Gasteiger charge is -2.38. The number of nitrogens with zero attached hydrogens (tertiary/aromatic N) is 2. The summed E-state index contributed by atoms with van der Waals surface area (Å²) in [5.74, 6) is 0.954. The Morgan fingerprint density at radius 3 is 2.63 bits per heavy atom. The van der Waals surface area contributed by atoms with Crippen molar-refractivity contribution < 1.29 is 0 Å². The van der Waals surface area contributed by atoms with Crippen LogP contribution in [0.15, 0.2) is 18.2 Å². The molecule has 1 heterocycles. The van der Waals surface area contributed by atoms with Crippen molar-refractivity contribution in [2.45, 2.75) is 52.1 Å². The second-order valence-corrected chi connectivity index (χ2v) is 6.57. The highest BCUT2D eigenvalue weighted by molar-refractivity contribution is 5.34. The number of hydrogen-bond acceptors (Lipinski definition) is 3. The van der Waals surface area contributed by atoms with E-state index in [1.165, 1.54) is 25.7 Å². The third-order valence-corrected chi connectivity index (χ3v) is 4.41. The fraction of sp³-hybridized carbons (Fsp3) is 0.688. The summed E-state index contributed by atoms with van der Waals surface area (Å²) in [4.78, 5) is 7.07. The Morgan fingerprint density at radius 1 is 1.32 bits per heavy atom. The van der Waals surface area contributed by atoms with Gasteiger partial charge in [0, 0.05) is 19.6 Å². The molecule has 1 saturated carbocycles. The molecule has 0 radical (unpaired) electrons. The standard InChI is InChI=1S/C16H27N3/c1-16(2)10-8-14(9-11-16)19(4)12-13-6-5-7-15(17-3)18-13/h5-7,14H,8-12H2,1-4H3,(H,17,18). The summed E-state index contributed by atoms with van der Waals surface area (Å²) in [6.45, 7) is 5.73. The Kier molecular flexibility index (Phi) is 4.46. The van der Waals surface area contributed by atoms with E-state index in [0.29, 0.717) is 11.5 Å². The van der Waals surface area contributed by atoms with Gasteiger partial charge in [-0.15, -0.1) is 0 Å². The highest BCUT2D eigenvalue weighted by Gasteiger charge is 2.28. The van der Waals surface area contributed by atoms with Gasteiger partial charge in [0.25, 0.3) is 0 Å². The minimum absolute atomic E-state index is 0.543. The van der Waals surface area contributed by atoms with Gasteiger partial charge < -0.3 is 5.32 Å². The molecular formula is C16H27N3. The molecule has 1 aromatic heterocycles. The molecule has 0 saturated heterocycles. The van der Waals surface area contributed by atoms with Gasteiger partial charge in [0.2, 0.25) is 0 Å². The fourth-order valence-corrected chi connectivity index (χ4v) is 2.92. The first-order valence-electron chi connectivity index (χ1n) is 7.34. The van der Waals surface area contributed by atoms with Crippen molar-refractivity contribution in [3.8, 4) is 0 Å². The summed E-state index contributed by atoms with van der Waals surface area (Å²) in [5.41, 5.74) is 1.70. The molecule has 1 N–H and O–H groups in total. The first-order chi connectivity index (χ1) is 9.00. The van der Waals surface area contributed by atoms with Crippen LogP contribution in [0, 0.1) is 5.41 Å². The molecule has 3 nitrogen and oxygen atoms in total. The van der Waals surface area contributed by atoms with E-state index in [1.807, 2.05) is 13.1 Å². The lowest BCUT2D eigenvalue weighted by Crippen LogP contribution is -2.36. The molecule has 19 heavy (non-hydrogen) atoms. The second-order valence-electron chi connectivity index (χ2n) is 6.57. The van der Waals surface area contributed by atoms with Crippen LogP contribution >= 0.6 is 0 Å². The minimum atomic E-state index is 0.543. The molecule has 1 aliphatic rings. The summed E-state index contributed by atoms with van der Waals surface area (Å²) >= 11 is 0. The summed E-state index contributed by atoms with van der Waals surface area (Å²) in [7, 11) is 4.15. The molecule has 106 valence electrons. The smallest absolute Gasteiger partial charge is 0.126 e. The maximum atomic E-state index is 4.60.